The maximum Gasteiger partial charge on any atom is 0.252 e. The van der Waals surface area contributed by atoms with Gasteiger partial charge in [0.25, 0.3) is 5.91 Å². The van der Waals surface area contributed by atoms with Gasteiger partial charge in [-0.1, -0.05) is 24.3 Å². The number of para-hydroxylation sites is 1. The van der Waals surface area contributed by atoms with Crippen molar-refractivity contribution >= 4 is 16.8 Å². The van der Waals surface area contributed by atoms with Crippen LogP contribution in [0.4, 0.5) is 0 Å². The van der Waals surface area contributed by atoms with Gasteiger partial charge in [-0.25, -0.2) is 4.98 Å². The maximum atomic E-state index is 13.0. The van der Waals surface area contributed by atoms with Gasteiger partial charge in [-0.05, 0) is 43.3 Å². The first-order chi connectivity index (χ1) is 13.2. The van der Waals surface area contributed by atoms with Gasteiger partial charge in [0.1, 0.15) is 5.76 Å². The average Bonchev–Trinajstić information content (AvgIpc) is 3.20. The normalized spacial score (nSPS) is 12.0. The highest BCUT2D eigenvalue weighted by atomic mass is 16.3. The molecule has 27 heavy (non-hydrogen) atoms. The molecule has 0 saturated heterocycles. The maximum absolute atomic E-state index is 13.0. The molecule has 0 aliphatic carbocycles. The third kappa shape index (κ3) is 3.72. The number of nitrogens with one attached hydrogen (secondary N) is 1. The van der Waals surface area contributed by atoms with Gasteiger partial charge in [0.2, 0.25) is 0 Å². The van der Waals surface area contributed by atoms with Crippen LogP contribution in [0.15, 0.2) is 77.5 Å². The van der Waals surface area contributed by atoms with Crippen LogP contribution in [0.1, 0.15) is 23.0 Å². The molecule has 5 heteroatoms. The van der Waals surface area contributed by atoms with Crippen LogP contribution in [0, 0.1) is 0 Å². The van der Waals surface area contributed by atoms with Crippen LogP contribution < -0.4 is 5.32 Å². The smallest absolute Gasteiger partial charge is 0.252 e. The number of rotatable bonds is 5. The summed E-state index contributed by atoms with van der Waals surface area (Å²) in [6, 6.07) is 18.8. The zero-order valence-corrected chi connectivity index (χ0v) is 14.9. The molecule has 0 spiro atoms. The molecule has 0 radical (unpaired) electrons. The molecule has 4 aromatic rings. The minimum absolute atomic E-state index is 0.0612. The van der Waals surface area contributed by atoms with Crippen molar-refractivity contribution in [2.45, 2.75) is 19.4 Å². The highest BCUT2D eigenvalue weighted by molar-refractivity contribution is 6.07. The molecule has 0 bridgehead atoms. The Morgan fingerprint density at radius 1 is 1.07 bits per heavy atom. The molecule has 3 heterocycles. The third-order valence-electron chi connectivity index (χ3n) is 4.35. The summed E-state index contributed by atoms with van der Waals surface area (Å²) in [6.45, 7) is 1.96. The molecule has 5 nitrogen and oxygen atoms in total. The summed E-state index contributed by atoms with van der Waals surface area (Å²) >= 11 is 0. The minimum Gasteiger partial charge on any atom is -0.469 e. The number of nitrogens with zero attached hydrogens (tertiary/aromatic N) is 2. The molecule has 0 aliphatic heterocycles. The van der Waals surface area contributed by atoms with Gasteiger partial charge < -0.3 is 9.73 Å². The van der Waals surface area contributed by atoms with Gasteiger partial charge in [0.15, 0.2) is 0 Å². The molecule has 0 aliphatic rings. The Morgan fingerprint density at radius 3 is 2.70 bits per heavy atom. The van der Waals surface area contributed by atoms with Crippen molar-refractivity contribution in [3.63, 3.8) is 0 Å². The number of fused-ring (bicyclic) bond motifs is 1. The summed E-state index contributed by atoms with van der Waals surface area (Å²) in [5.74, 6) is 0.710. The summed E-state index contributed by atoms with van der Waals surface area (Å²) in [6.07, 6.45) is 3.99. The predicted molar refractivity (Wildman–Crippen MR) is 104 cm³/mol. The number of furan rings is 1. The van der Waals surface area contributed by atoms with E-state index in [1.54, 1.807) is 18.5 Å². The topological polar surface area (TPSA) is 68.0 Å². The summed E-state index contributed by atoms with van der Waals surface area (Å²) in [7, 11) is 0. The number of aromatic nitrogens is 2. The van der Waals surface area contributed by atoms with Crippen LogP contribution >= 0.6 is 0 Å². The number of benzene rings is 1. The van der Waals surface area contributed by atoms with E-state index < -0.39 is 0 Å². The van der Waals surface area contributed by atoms with Crippen molar-refractivity contribution in [3.8, 4) is 11.4 Å². The second kappa shape index (κ2) is 7.41. The molecular weight excluding hydrogens is 338 g/mol. The van der Waals surface area contributed by atoms with Gasteiger partial charge >= 0.3 is 0 Å². The fraction of sp³-hybridized carbons (Fsp3) is 0.136. The summed E-state index contributed by atoms with van der Waals surface area (Å²) in [5, 5.41) is 3.88. The second-order valence-corrected chi connectivity index (χ2v) is 6.45. The molecule has 0 saturated carbocycles. The lowest BCUT2D eigenvalue weighted by atomic mass is 10.0. The zero-order chi connectivity index (χ0) is 18.6. The number of carbonyl (C=O) groups excluding carboxylic acids is 1. The van der Waals surface area contributed by atoms with Crippen LogP contribution in [-0.4, -0.2) is 21.9 Å². The van der Waals surface area contributed by atoms with Crippen molar-refractivity contribution in [1.82, 2.24) is 15.3 Å². The van der Waals surface area contributed by atoms with Crippen molar-refractivity contribution < 1.29 is 9.21 Å². The molecule has 1 unspecified atom stereocenters. The van der Waals surface area contributed by atoms with E-state index in [1.807, 2.05) is 61.5 Å². The quantitative estimate of drug-likeness (QED) is 0.580. The largest absolute Gasteiger partial charge is 0.469 e. The van der Waals surface area contributed by atoms with Crippen molar-refractivity contribution in [2.24, 2.45) is 0 Å². The van der Waals surface area contributed by atoms with Gasteiger partial charge in [-0.2, -0.15) is 0 Å². The number of hydrogen-bond acceptors (Lipinski definition) is 4. The Hall–Kier alpha value is -3.47. The Labute approximate surface area is 157 Å². The Kier molecular flexibility index (Phi) is 4.66. The van der Waals surface area contributed by atoms with Crippen LogP contribution in [-0.2, 0) is 6.42 Å². The number of hydrogen-bond donors (Lipinski definition) is 1. The first-order valence-corrected chi connectivity index (χ1v) is 8.85. The van der Waals surface area contributed by atoms with E-state index in [9.17, 15) is 4.79 Å². The van der Waals surface area contributed by atoms with E-state index in [2.05, 4.69) is 15.3 Å². The fourth-order valence-corrected chi connectivity index (χ4v) is 3.09. The SMILES string of the molecule is CC(Cc1ccco1)NC(=O)c1cc(-c2ccccn2)nc2ccccc12. The number of carbonyl (C=O) groups is 1. The molecular formula is C22H19N3O2. The Morgan fingerprint density at radius 2 is 1.93 bits per heavy atom. The van der Waals surface area contributed by atoms with Crippen LogP contribution in [0.2, 0.25) is 0 Å². The molecule has 1 N–H and O–H groups in total. The second-order valence-electron chi connectivity index (χ2n) is 6.45. The van der Waals surface area contributed by atoms with Gasteiger partial charge in [0.05, 0.1) is 28.7 Å². The van der Waals surface area contributed by atoms with Crippen molar-refractivity contribution in [1.29, 1.82) is 0 Å². The van der Waals surface area contributed by atoms with E-state index in [4.69, 9.17) is 4.42 Å². The van der Waals surface area contributed by atoms with E-state index >= 15 is 0 Å². The summed E-state index contributed by atoms with van der Waals surface area (Å²) < 4.78 is 5.37. The molecule has 134 valence electrons. The van der Waals surface area contributed by atoms with Gasteiger partial charge in [0, 0.05) is 24.0 Å². The molecule has 0 fully saturated rings. The van der Waals surface area contributed by atoms with Crippen LogP contribution in [0.3, 0.4) is 0 Å². The van der Waals surface area contributed by atoms with E-state index in [0.29, 0.717) is 17.7 Å². The molecule has 1 aromatic carbocycles. The van der Waals surface area contributed by atoms with E-state index in [0.717, 1.165) is 22.4 Å². The summed E-state index contributed by atoms with van der Waals surface area (Å²) in [5.41, 5.74) is 2.77. The molecule has 1 amide bonds. The summed E-state index contributed by atoms with van der Waals surface area (Å²) in [4.78, 5) is 22.0. The van der Waals surface area contributed by atoms with E-state index in [-0.39, 0.29) is 11.9 Å². The number of amides is 1. The molecule has 1 atom stereocenters. The highest BCUT2D eigenvalue weighted by Crippen LogP contribution is 2.23. The fourth-order valence-electron chi connectivity index (χ4n) is 3.09. The molecule has 3 aromatic heterocycles. The zero-order valence-electron chi connectivity index (χ0n) is 14.9. The average molecular weight is 357 g/mol. The Bertz CT molecular complexity index is 1060. The molecule has 4 rings (SSSR count). The first kappa shape index (κ1) is 17.0. The van der Waals surface area contributed by atoms with Crippen molar-refractivity contribution in [2.75, 3.05) is 0 Å². The monoisotopic (exact) mass is 357 g/mol. The lowest BCUT2D eigenvalue weighted by molar-refractivity contribution is 0.0941. The van der Waals surface area contributed by atoms with Crippen LogP contribution in [0.5, 0.6) is 0 Å². The number of pyridine rings is 2. The van der Waals surface area contributed by atoms with E-state index in [1.165, 1.54) is 0 Å². The minimum atomic E-state index is -0.134. The van der Waals surface area contributed by atoms with Crippen LogP contribution in [0.25, 0.3) is 22.3 Å². The van der Waals surface area contributed by atoms with Crippen molar-refractivity contribution in [3.05, 3.63) is 84.4 Å². The standard InChI is InChI=1S/C22H19N3O2/c1-15(13-16-7-6-12-27-16)24-22(26)18-14-21(20-10-4-5-11-23-20)25-19-9-3-2-8-17(18)19/h2-12,14-15H,13H2,1H3,(H,24,26). The first-order valence-electron chi connectivity index (χ1n) is 8.85. The third-order valence-corrected chi connectivity index (χ3v) is 4.35. The Balaban J connectivity index is 1.68. The lowest BCUT2D eigenvalue weighted by Crippen LogP contribution is -2.34. The predicted octanol–water partition coefficient (Wildman–Crippen LogP) is 4.25. The highest BCUT2D eigenvalue weighted by Gasteiger charge is 2.16. The van der Waals surface area contributed by atoms with Gasteiger partial charge in [-0.3, -0.25) is 9.78 Å². The van der Waals surface area contributed by atoms with Gasteiger partial charge in [-0.15, -0.1) is 0 Å². The lowest BCUT2D eigenvalue weighted by Gasteiger charge is -2.14.